The van der Waals surface area contributed by atoms with Gasteiger partial charge in [0.1, 0.15) is 5.82 Å². The van der Waals surface area contributed by atoms with Gasteiger partial charge in [0.2, 0.25) is 15.9 Å². The van der Waals surface area contributed by atoms with Crippen molar-refractivity contribution in [3.8, 4) is 0 Å². The maximum Gasteiger partial charge on any atom is 0.243 e. The lowest BCUT2D eigenvalue weighted by molar-refractivity contribution is -0.120. The average molecular weight is 446 g/mol. The summed E-state index contributed by atoms with van der Waals surface area (Å²) in [5.41, 5.74) is 1.93. The van der Waals surface area contributed by atoms with Crippen LogP contribution in [0, 0.1) is 11.7 Å². The summed E-state index contributed by atoms with van der Waals surface area (Å²) in [6.45, 7) is 2.69. The zero-order chi connectivity index (χ0) is 21.8. The van der Waals surface area contributed by atoms with Crippen LogP contribution >= 0.6 is 0 Å². The Morgan fingerprint density at radius 2 is 1.48 bits per heavy atom. The molecule has 0 saturated carbocycles. The van der Waals surface area contributed by atoms with E-state index < -0.39 is 15.8 Å². The van der Waals surface area contributed by atoms with E-state index in [4.69, 9.17) is 0 Å². The van der Waals surface area contributed by atoms with Gasteiger partial charge in [-0.15, -0.1) is 0 Å². The summed E-state index contributed by atoms with van der Waals surface area (Å²) in [5, 5.41) is 2.97. The van der Waals surface area contributed by atoms with Crippen molar-refractivity contribution in [3.63, 3.8) is 0 Å². The highest BCUT2D eigenvalue weighted by Gasteiger charge is 2.32. The number of rotatable bonds is 5. The fourth-order valence-corrected chi connectivity index (χ4v) is 5.74. The number of piperidine rings is 2. The molecule has 2 saturated heterocycles. The second kappa shape index (κ2) is 9.36. The third kappa shape index (κ3) is 5.07. The van der Waals surface area contributed by atoms with Crippen LogP contribution < -0.4 is 10.2 Å². The Hall–Kier alpha value is -2.45. The number of carbonyl (C=O) groups is 1. The molecule has 0 aliphatic carbocycles. The SMILES string of the molecule is O=C(Nc1ccc(N2CCCCC2)cc1)C1CCN(S(=O)(=O)c2ccc(F)cc2)CC1. The van der Waals surface area contributed by atoms with E-state index in [1.807, 2.05) is 24.3 Å². The van der Waals surface area contributed by atoms with E-state index in [9.17, 15) is 17.6 Å². The lowest BCUT2D eigenvalue weighted by atomic mass is 9.97. The van der Waals surface area contributed by atoms with Gasteiger partial charge in [0.05, 0.1) is 4.90 Å². The lowest BCUT2D eigenvalue weighted by Crippen LogP contribution is -2.41. The van der Waals surface area contributed by atoms with Crippen molar-refractivity contribution >= 4 is 27.3 Å². The van der Waals surface area contributed by atoms with Crippen molar-refractivity contribution in [3.05, 3.63) is 54.3 Å². The summed E-state index contributed by atoms with van der Waals surface area (Å²) in [6.07, 6.45) is 4.63. The van der Waals surface area contributed by atoms with Crippen molar-refractivity contribution < 1.29 is 17.6 Å². The van der Waals surface area contributed by atoms with Crippen LogP contribution in [0.2, 0.25) is 0 Å². The van der Waals surface area contributed by atoms with Crippen molar-refractivity contribution in [1.82, 2.24) is 4.31 Å². The topological polar surface area (TPSA) is 69.7 Å². The van der Waals surface area contributed by atoms with Gasteiger partial charge in [0.15, 0.2) is 0 Å². The third-order valence-corrected chi connectivity index (χ3v) is 8.05. The second-order valence-electron chi connectivity index (χ2n) is 8.22. The molecule has 166 valence electrons. The zero-order valence-electron chi connectivity index (χ0n) is 17.5. The third-order valence-electron chi connectivity index (χ3n) is 6.13. The van der Waals surface area contributed by atoms with Crippen LogP contribution in [-0.4, -0.2) is 44.8 Å². The Kier molecular flexibility index (Phi) is 6.57. The highest BCUT2D eigenvalue weighted by Crippen LogP contribution is 2.26. The first kappa shape index (κ1) is 21.8. The van der Waals surface area contributed by atoms with Gasteiger partial charge in [-0.3, -0.25) is 4.79 Å². The van der Waals surface area contributed by atoms with Crippen LogP contribution in [0.4, 0.5) is 15.8 Å². The van der Waals surface area contributed by atoms with Gasteiger partial charge in [0, 0.05) is 43.5 Å². The molecule has 2 aliphatic rings. The Morgan fingerprint density at radius 1 is 0.871 bits per heavy atom. The van der Waals surface area contributed by atoms with Crippen LogP contribution in [0.5, 0.6) is 0 Å². The number of amides is 1. The molecule has 2 aromatic rings. The smallest absolute Gasteiger partial charge is 0.243 e. The Bertz CT molecular complexity index is 995. The molecule has 0 unspecified atom stereocenters. The van der Waals surface area contributed by atoms with Crippen molar-refractivity contribution in [1.29, 1.82) is 0 Å². The Labute approximate surface area is 183 Å². The van der Waals surface area contributed by atoms with E-state index in [1.165, 1.54) is 41.4 Å². The van der Waals surface area contributed by atoms with Gasteiger partial charge in [0.25, 0.3) is 0 Å². The minimum Gasteiger partial charge on any atom is -0.372 e. The summed E-state index contributed by atoms with van der Waals surface area (Å²) >= 11 is 0. The van der Waals surface area contributed by atoms with Gasteiger partial charge < -0.3 is 10.2 Å². The summed E-state index contributed by atoms with van der Waals surface area (Å²) in [6, 6.07) is 12.8. The van der Waals surface area contributed by atoms with Crippen molar-refractivity contribution in [2.24, 2.45) is 5.92 Å². The first-order valence-corrected chi connectivity index (χ1v) is 12.3. The van der Waals surface area contributed by atoms with E-state index in [0.717, 1.165) is 30.9 Å². The largest absolute Gasteiger partial charge is 0.372 e. The van der Waals surface area contributed by atoms with Crippen LogP contribution in [0.25, 0.3) is 0 Å². The Morgan fingerprint density at radius 3 is 2.10 bits per heavy atom. The normalized spacial score (nSPS) is 18.7. The molecule has 2 aromatic carbocycles. The van der Waals surface area contributed by atoms with Gasteiger partial charge in [-0.25, -0.2) is 12.8 Å². The maximum atomic E-state index is 13.1. The van der Waals surface area contributed by atoms with E-state index >= 15 is 0 Å². The lowest BCUT2D eigenvalue weighted by Gasteiger charge is -2.30. The molecule has 2 aliphatic heterocycles. The molecule has 0 spiro atoms. The van der Waals surface area contributed by atoms with E-state index in [0.29, 0.717) is 12.8 Å². The number of benzene rings is 2. The van der Waals surface area contributed by atoms with E-state index in [-0.39, 0.29) is 29.8 Å². The number of sulfonamides is 1. The minimum absolute atomic E-state index is 0.0746. The van der Waals surface area contributed by atoms with E-state index in [1.54, 1.807) is 0 Å². The summed E-state index contributed by atoms with van der Waals surface area (Å²) in [5.74, 6) is -0.788. The molecule has 8 heteroatoms. The highest BCUT2D eigenvalue weighted by atomic mass is 32.2. The van der Waals surface area contributed by atoms with Crippen LogP contribution in [0.15, 0.2) is 53.4 Å². The highest BCUT2D eigenvalue weighted by molar-refractivity contribution is 7.89. The number of carbonyl (C=O) groups excluding carboxylic acids is 1. The summed E-state index contributed by atoms with van der Waals surface area (Å²) < 4.78 is 39.9. The second-order valence-corrected chi connectivity index (χ2v) is 10.2. The number of hydrogen-bond donors (Lipinski definition) is 1. The number of nitrogens with zero attached hydrogens (tertiary/aromatic N) is 2. The summed E-state index contributed by atoms with van der Waals surface area (Å²) in [7, 11) is -3.67. The fourth-order valence-electron chi connectivity index (χ4n) is 4.27. The molecular weight excluding hydrogens is 417 g/mol. The average Bonchev–Trinajstić information content (AvgIpc) is 2.80. The molecule has 1 N–H and O–H groups in total. The number of halogens is 1. The Balaban J connectivity index is 1.31. The van der Waals surface area contributed by atoms with Crippen molar-refractivity contribution in [2.45, 2.75) is 37.0 Å². The van der Waals surface area contributed by atoms with Gasteiger partial charge >= 0.3 is 0 Å². The molecule has 0 aromatic heterocycles. The van der Waals surface area contributed by atoms with Gasteiger partial charge in [-0.1, -0.05) is 0 Å². The van der Waals surface area contributed by atoms with E-state index in [2.05, 4.69) is 10.2 Å². The zero-order valence-corrected chi connectivity index (χ0v) is 18.3. The van der Waals surface area contributed by atoms with Crippen LogP contribution in [-0.2, 0) is 14.8 Å². The molecule has 0 radical (unpaired) electrons. The van der Waals surface area contributed by atoms with Crippen LogP contribution in [0.3, 0.4) is 0 Å². The van der Waals surface area contributed by atoms with Crippen molar-refractivity contribution in [2.75, 3.05) is 36.4 Å². The molecule has 2 fully saturated rings. The minimum atomic E-state index is -3.67. The standard InChI is InChI=1S/C23H28FN3O3S/c24-19-4-10-22(11-5-19)31(29,30)27-16-12-18(13-17-27)23(28)25-20-6-8-21(9-7-20)26-14-2-1-3-15-26/h4-11,18H,1-3,12-17H2,(H,25,28). The molecule has 2 heterocycles. The number of nitrogens with one attached hydrogen (secondary N) is 1. The number of anilines is 2. The van der Waals surface area contributed by atoms with Gasteiger partial charge in [-0.05, 0) is 80.6 Å². The van der Waals surface area contributed by atoms with Crippen LogP contribution in [0.1, 0.15) is 32.1 Å². The predicted molar refractivity (Wildman–Crippen MR) is 119 cm³/mol. The number of hydrogen-bond acceptors (Lipinski definition) is 4. The molecule has 0 bridgehead atoms. The summed E-state index contributed by atoms with van der Waals surface area (Å²) in [4.78, 5) is 15.1. The fraction of sp³-hybridized carbons (Fsp3) is 0.435. The maximum absolute atomic E-state index is 13.1. The molecule has 0 atom stereocenters. The first-order valence-electron chi connectivity index (χ1n) is 10.8. The monoisotopic (exact) mass is 445 g/mol. The first-order chi connectivity index (χ1) is 14.9. The molecule has 6 nitrogen and oxygen atoms in total. The van der Waals surface area contributed by atoms with Gasteiger partial charge in [-0.2, -0.15) is 4.31 Å². The predicted octanol–water partition coefficient (Wildman–Crippen LogP) is 3.86. The molecule has 4 rings (SSSR count). The molecule has 1 amide bonds. The molecular formula is C23H28FN3O3S. The molecule has 31 heavy (non-hydrogen) atoms. The quantitative estimate of drug-likeness (QED) is 0.759.